The lowest BCUT2D eigenvalue weighted by Gasteiger charge is -2.30. The van der Waals surface area contributed by atoms with E-state index >= 15 is 0 Å². The minimum absolute atomic E-state index is 0.0753. The zero-order valence-electron chi connectivity index (χ0n) is 15.7. The van der Waals surface area contributed by atoms with Gasteiger partial charge in [0.15, 0.2) is 0 Å². The molecule has 1 aromatic rings. The van der Waals surface area contributed by atoms with Crippen LogP contribution < -0.4 is 10.1 Å². The van der Waals surface area contributed by atoms with Crippen LogP contribution in [0.1, 0.15) is 39.0 Å². The predicted molar refractivity (Wildman–Crippen MR) is 97.1 cm³/mol. The monoisotopic (exact) mass is 422 g/mol. The van der Waals surface area contributed by atoms with E-state index in [0.717, 1.165) is 31.4 Å². The number of carbonyl (C=O) groups is 1. The van der Waals surface area contributed by atoms with Crippen LogP contribution in [0.5, 0.6) is 5.75 Å². The molecule has 0 bridgehead atoms. The average molecular weight is 422 g/mol. The minimum Gasteiger partial charge on any atom is -0.406 e. The number of halogens is 3. The van der Waals surface area contributed by atoms with Crippen LogP contribution >= 0.6 is 0 Å². The van der Waals surface area contributed by atoms with Gasteiger partial charge in [0.1, 0.15) is 5.75 Å². The first-order chi connectivity index (χ1) is 13.1. The van der Waals surface area contributed by atoms with E-state index in [4.69, 9.17) is 0 Å². The summed E-state index contributed by atoms with van der Waals surface area (Å²) in [5.74, 6) is -0.920. The van der Waals surface area contributed by atoms with Crippen molar-refractivity contribution in [1.82, 2.24) is 9.62 Å². The SMILES string of the molecule is CCCCCNC(=O)C1CCN(S(=O)(=O)c2cccc(OC(F)(F)F)c2)CC1. The highest BCUT2D eigenvalue weighted by Gasteiger charge is 2.34. The number of ether oxygens (including phenoxy) is 1. The molecule has 1 fully saturated rings. The van der Waals surface area contributed by atoms with E-state index in [1.165, 1.54) is 16.4 Å². The molecule has 0 spiro atoms. The Balaban J connectivity index is 1.96. The second-order valence-corrected chi connectivity index (χ2v) is 8.64. The summed E-state index contributed by atoms with van der Waals surface area (Å²) in [6.45, 7) is 2.96. The summed E-state index contributed by atoms with van der Waals surface area (Å²) < 4.78 is 67.5. The maximum atomic E-state index is 12.7. The zero-order chi connectivity index (χ0) is 20.8. The van der Waals surface area contributed by atoms with E-state index in [-0.39, 0.29) is 29.8 Å². The molecule has 0 unspecified atom stereocenters. The Morgan fingerprint density at radius 2 is 1.93 bits per heavy atom. The molecule has 0 atom stereocenters. The molecular weight excluding hydrogens is 397 g/mol. The van der Waals surface area contributed by atoms with Gasteiger partial charge in [0.2, 0.25) is 15.9 Å². The molecule has 1 aliphatic rings. The van der Waals surface area contributed by atoms with Gasteiger partial charge in [-0.05, 0) is 31.4 Å². The Labute approximate surface area is 163 Å². The number of amides is 1. The lowest BCUT2D eigenvalue weighted by Crippen LogP contribution is -2.43. The number of rotatable bonds is 8. The molecule has 0 radical (unpaired) electrons. The standard InChI is InChI=1S/C18H25F3N2O4S/c1-2-3-4-10-22-17(24)14-8-11-23(12-9-14)28(25,26)16-7-5-6-15(13-16)27-18(19,20)21/h5-7,13-14H,2-4,8-12H2,1H3,(H,22,24). The van der Waals surface area contributed by atoms with E-state index in [1.54, 1.807) is 0 Å². The fourth-order valence-electron chi connectivity index (χ4n) is 3.07. The van der Waals surface area contributed by atoms with E-state index < -0.39 is 22.1 Å². The van der Waals surface area contributed by atoms with Crippen molar-refractivity contribution in [2.24, 2.45) is 5.92 Å². The van der Waals surface area contributed by atoms with Gasteiger partial charge in [-0.25, -0.2) is 8.42 Å². The number of carbonyl (C=O) groups excluding carboxylic acids is 1. The van der Waals surface area contributed by atoms with Crippen LogP contribution in [-0.4, -0.2) is 44.6 Å². The number of sulfonamides is 1. The molecule has 158 valence electrons. The van der Waals surface area contributed by atoms with Crippen LogP contribution in [0.15, 0.2) is 29.2 Å². The van der Waals surface area contributed by atoms with Crippen LogP contribution in [0.25, 0.3) is 0 Å². The predicted octanol–water partition coefficient (Wildman–Crippen LogP) is 3.29. The summed E-state index contributed by atoms with van der Waals surface area (Å²) >= 11 is 0. The van der Waals surface area contributed by atoms with Crippen LogP contribution in [0.4, 0.5) is 13.2 Å². The molecule has 1 heterocycles. The molecule has 1 amide bonds. The molecule has 10 heteroatoms. The Hall–Kier alpha value is -1.81. The van der Waals surface area contributed by atoms with E-state index in [1.807, 2.05) is 0 Å². The summed E-state index contributed by atoms with van der Waals surface area (Å²) in [4.78, 5) is 11.9. The third-order valence-electron chi connectivity index (χ3n) is 4.58. The van der Waals surface area contributed by atoms with Crippen molar-refractivity contribution in [2.75, 3.05) is 19.6 Å². The smallest absolute Gasteiger partial charge is 0.406 e. The Kier molecular flexibility index (Phi) is 7.70. The van der Waals surface area contributed by atoms with Crippen molar-refractivity contribution in [3.8, 4) is 5.75 Å². The molecule has 0 aliphatic carbocycles. The second-order valence-electron chi connectivity index (χ2n) is 6.70. The first kappa shape index (κ1) is 22.5. The molecule has 0 aromatic heterocycles. The molecule has 1 aliphatic heterocycles. The van der Waals surface area contributed by atoms with Gasteiger partial charge in [0.05, 0.1) is 4.90 Å². The number of alkyl halides is 3. The Morgan fingerprint density at radius 1 is 1.25 bits per heavy atom. The van der Waals surface area contributed by atoms with Crippen LogP contribution in [0.3, 0.4) is 0 Å². The van der Waals surface area contributed by atoms with E-state index in [2.05, 4.69) is 17.0 Å². The highest BCUT2D eigenvalue weighted by molar-refractivity contribution is 7.89. The summed E-state index contributed by atoms with van der Waals surface area (Å²) in [5, 5.41) is 2.87. The fraction of sp³-hybridized carbons (Fsp3) is 0.611. The molecule has 1 saturated heterocycles. The summed E-state index contributed by atoms with van der Waals surface area (Å²) in [6.07, 6.45) is -1.15. The average Bonchev–Trinajstić information content (AvgIpc) is 2.64. The van der Waals surface area contributed by atoms with Crippen molar-refractivity contribution in [3.63, 3.8) is 0 Å². The first-order valence-corrected chi connectivity index (χ1v) is 10.7. The molecular formula is C18H25F3N2O4S. The van der Waals surface area contributed by atoms with Crippen LogP contribution in [0.2, 0.25) is 0 Å². The van der Waals surface area contributed by atoms with Gasteiger partial charge in [0, 0.05) is 31.6 Å². The van der Waals surface area contributed by atoms with Crippen LogP contribution in [0, 0.1) is 5.92 Å². The molecule has 0 saturated carbocycles. The first-order valence-electron chi connectivity index (χ1n) is 9.27. The van der Waals surface area contributed by atoms with Crippen molar-refractivity contribution in [1.29, 1.82) is 0 Å². The van der Waals surface area contributed by atoms with Crippen molar-refractivity contribution >= 4 is 15.9 Å². The maximum absolute atomic E-state index is 12.7. The van der Waals surface area contributed by atoms with Gasteiger partial charge in [0.25, 0.3) is 0 Å². The molecule has 28 heavy (non-hydrogen) atoms. The lowest BCUT2D eigenvalue weighted by molar-refractivity contribution is -0.274. The van der Waals surface area contributed by atoms with E-state index in [0.29, 0.717) is 19.4 Å². The third-order valence-corrected chi connectivity index (χ3v) is 6.48. The largest absolute Gasteiger partial charge is 0.573 e. The normalized spacial score (nSPS) is 16.7. The molecule has 1 N–H and O–H groups in total. The highest BCUT2D eigenvalue weighted by atomic mass is 32.2. The Morgan fingerprint density at radius 3 is 2.54 bits per heavy atom. The number of benzene rings is 1. The number of nitrogens with zero attached hydrogens (tertiary/aromatic N) is 1. The number of hydrogen-bond acceptors (Lipinski definition) is 4. The second kappa shape index (κ2) is 9.60. The van der Waals surface area contributed by atoms with Crippen molar-refractivity contribution in [2.45, 2.75) is 50.3 Å². The highest BCUT2D eigenvalue weighted by Crippen LogP contribution is 2.28. The Bertz CT molecular complexity index is 760. The van der Waals surface area contributed by atoms with E-state index in [9.17, 15) is 26.4 Å². The molecule has 6 nitrogen and oxygen atoms in total. The third kappa shape index (κ3) is 6.37. The fourth-order valence-corrected chi connectivity index (χ4v) is 4.58. The summed E-state index contributed by atoms with van der Waals surface area (Å²) in [7, 11) is -3.96. The number of unbranched alkanes of at least 4 members (excludes halogenated alkanes) is 2. The van der Waals surface area contributed by atoms with Gasteiger partial charge in [-0.15, -0.1) is 13.2 Å². The molecule has 1 aromatic carbocycles. The summed E-state index contributed by atoms with van der Waals surface area (Å²) in [5.41, 5.74) is 0. The topological polar surface area (TPSA) is 75.7 Å². The number of hydrogen-bond donors (Lipinski definition) is 1. The van der Waals surface area contributed by atoms with Gasteiger partial charge < -0.3 is 10.1 Å². The van der Waals surface area contributed by atoms with Crippen molar-refractivity contribution in [3.05, 3.63) is 24.3 Å². The minimum atomic E-state index is -4.90. The molecule has 2 rings (SSSR count). The zero-order valence-corrected chi connectivity index (χ0v) is 16.5. The quantitative estimate of drug-likeness (QED) is 0.653. The summed E-state index contributed by atoms with van der Waals surface area (Å²) in [6, 6.07) is 4.33. The van der Waals surface area contributed by atoms with Crippen molar-refractivity contribution < 1.29 is 31.1 Å². The van der Waals surface area contributed by atoms with Crippen LogP contribution in [-0.2, 0) is 14.8 Å². The lowest BCUT2D eigenvalue weighted by atomic mass is 9.97. The van der Waals surface area contributed by atoms with Gasteiger partial charge in [-0.2, -0.15) is 4.31 Å². The van der Waals surface area contributed by atoms with Gasteiger partial charge in [-0.1, -0.05) is 25.8 Å². The number of piperidine rings is 1. The van der Waals surface area contributed by atoms with Gasteiger partial charge >= 0.3 is 6.36 Å². The van der Waals surface area contributed by atoms with Gasteiger partial charge in [-0.3, -0.25) is 4.79 Å². The maximum Gasteiger partial charge on any atom is 0.573 e. The number of nitrogens with one attached hydrogen (secondary N) is 1.